The van der Waals surface area contributed by atoms with Gasteiger partial charge in [-0.3, -0.25) is 4.57 Å². The van der Waals surface area contributed by atoms with Crippen LogP contribution in [0.2, 0.25) is 26.2 Å². The summed E-state index contributed by atoms with van der Waals surface area (Å²) in [6, 6.07) is 0. The molecule has 0 bridgehead atoms. The minimum absolute atomic E-state index is 0.625. The van der Waals surface area contributed by atoms with E-state index in [9.17, 15) is 4.57 Å². The molecule has 0 N–H and O–H groups in total. The Kier molecular flexibility index (Phi) is 4.22. The second-order valence-corrected chi connectivity index (χ2v) is 11.5. The van der Waals surface area contributed by atoms with Gasteiger partial charge in [-0.05, 0) is 19.6 Å². The van der Waals surface area contributed by atoms with Crippen molar-refractivity contribution in [1.82, 2.24) is 0 Å². The van der Waals surface area contributed by atoms with E-state index in [0.29, 0.717) is 0 Å². The summed E-state index contributed by atoms with van der Waals surface area (Å²) in [5.74, 6) is 0. The van der Waals surface area contributed by atoms with E-state index in [1.807, 2.05) is 26.2 Å². The molecule has 0 aliphatic rings. The molecular weight excluding hydrogens is 195 g/mol. The summed E-state index contributed by atoms with van der Waals surface area (Å²) in [4.78, 5) is 0. The van der Waals surface area contributed by atoms with Gasteiger partial charge >= 0.3 is 7.60 Å². The van der Waals surface area contributed by atoms with Crippen LogP contribution in [0.1, 0.15) is 0 Å². The summed E-state index contributed by atoms with van der Waals surface area (Å²) < 4.78 is 21.9. The van der Waals surface area contributed by atoms with Crippen LogP contribution in [0.25, 0.3) is 0 Å². The Labute approximate surface area is 72.1 Å². The van der Waals surface area contributed by atoms with Crippen molar-refractivity contribution >= 4 is 25.7 Å². The largest absolute Gasteiger partial charge is 0.359 e. The van der Waals surface area contributed by atoms with Crippen LogP contribution < -0.4 is 0 Å². The van der Waals surface area contributed by atoms with E-state index in [2.05, 4.69) is 0 Å². The summed E-state index contributed by atoms with van der Waals surface area (Å²) in [7, 11) is -5.01. The Morgan fingerprint density at radius 1 is 1.36 bits per heavy atom. The summed E-state index contributed by atoms with van der Waals surface area (Å²) in [6.07, 6.45) is 0. The highest BCUT2D eigenvalue weighted by molar-refractivity contribution is 7.55. The second kappa shape index (κ2) is 4.00. The van der Waals surface area contributed by atoms with Crippen molar-refractivity contribution in [2.45, 2.75) is 26.2 Å². The molecule has 0 amide bonds. The highest BCUT2D eigenvalue weighted by Crippen LogP contribution is 2.45. The molecule has 0 radical (unpaired) electrons. The molecule has 0 aromatic heterocycles. The molecule has 11 heavy (non-hydrogen) atoms. The molecule has 1 unspecified atom stereocenters. The van der Waals surface area contributed by atoms with Gasteiger partial charge in [0.15, 0.2) is 18.1 Å². The van der Waals surface area contributed by atoms with Gasteiger partial charge in [-0.15, -0.1) is 0 Å². The summed E-state index contributed by atoms with van der Waals surface area (Å²) >= 11 is 0. The topological polar surface area (TPSA) is 35.5 Å². The Balaban J connectivity index is 4.03. The van der Waals surface area contributed by atoms with Crippen molar-refractivity contribution in [3.05, 3.63) is 0 Å². The van der Waals surface area contributed by atoms with Gasteiger partial charge in [0.1, 0.15) is 0 Å². The maximum atomic E-state index is 11.5. The zero-order valence-corrected chi connectivity index (χ0v) is 11.2. The lowest BCUT2D eigenvalue weighted by atomic mass is 11.8. The zero-order chi connectivity index (χ0) is 9.12. The first-order valence-corrected chi connectivity index (χ1v) is 11.1. The number of hydrogen-bond donors (Lipinski definition) is 0. The Bertz CT molecular complexity index is 166. The van der Waals surface area contributed by atoms with Crippen LogP contribution in [0, 0.1) is 0 Å². The van der Waals surface area contributed by atoms with Gasteiger partial charge in [-0.1, -0.05) is 6.55 Å². The SMILES string of the molecule is C[SiH2]OP(C)(=O)O[Si](C)(C)C. The molecule has 0 heterocycles. The van der Waals surface area contributed by atoms with Crippen LogP contribution in [0.3, 0.4) is 0 Å². The predicted molar refractivity (Wildman–Crippen MR) is 53.5 cm³/mol. The first kappa shape index (κ1) is 11.6. The normalized spacial score (nSPS) is 19.0. The van der Waals surface area contributed by atoms with Crippen molar-refractivity contribution in [2.75, 3.05) is 6.66 Å². The lowest BCUT2D eigenvalue weighted by molar-refractivity contribution is 0.402. The fraction of sp³-hybridized carbons (Fsp3) is 1.00. The van der Waals surface area contributed by atoms with Gasteiger partial charge in [-0.25, -0.2) is 0 Å². The molecule has 1 atom stereocenters. The van der Waals surface area contributed by atoms with E-state index in [1.54, 1.807) is 6.66 Å². The quantitative estimate of drug-likeness (QED) is 0.526. The molecule has 0 aromatic rings. The molecule has 0 fully saturated rings. The van der Waals surface area contributed by atoms with Crippen LogP contribution in [0.15, 0.2) is 0 Å². The maximum Gasteiger partial charge on any atom is 0.307 e. The van der Waals surface area contributed by atoms with E-state index in [-0.39, 0.29) is 0 Å². The third-order valence-electron chi connectivity index (χ3n) is 0.803. The van der Waals surface area contributed by atoms with Crippen molar-refractivity contribution in [1.29, 1.82) is 0 Å². The molecule has 3 nitrogen and oxygen atoms in total. The monoisotopic (exact) mass is 212 g/mol. The Morgan fingerprint density at radius 2 is 1.82 bits per heavy atom. The van der Waals surface area contributed by atoms with Crippen LogP contribution in [0.5, 0.6) is 0 Å². The van der Waals surface area contributed by atoms with Crippen LogP contribution in [-0.4, -0.2) is 24.7 Å². The van der Waals surface area contributed by atoms with Gasteiger partial charge < -0.3 is 8.43 Å². The summed E-state index contributed by atoms with van der Waals surface area (Å²) in [5, 5.41) is 0. The first-order valence-electron chi connectivity index (χ1n) is 3.69. The maximum absolute atomic E-state index is 11.5. The van der Waals surface area contributed by atoms with E-state index < -0.39 is 25.7 Å². The standard InChI is InChI=1S/C5H17O3PSi2/c1-9(6,7-10-2)8-11(3,4)5/h10H2,1-5H3. The second-order valence-electron chi connectivity index (χ2n) is 3.39. The highest BCUT2D eigenvalue weighted by atomic mass is 31.2. The van der Waals surface area contributed by atoms with E-state index in [0.717, 1.165) is 0 Å². The molecule has 0 saturated carbocycles. The average molecular weight is 212 g/mol. The summed E-state index contributed by atoms with van der Waals surface area (Å²) in [5.41, 5.74) is 0. The predicted octanol–water partition coefficient (Wildman–Crippen LogP) is 1.81. The van der Waals surface area contributed by atoms with Crippen molar-refractivity contribution in [3.63, 3.8) is 0 Å². The average Bonchev–Trinajstić information content (AvgIpc) is 1.55. The third-order valence-corrected chi connectivity index (χ3v) is 7.23. The third kappa shape index (κ3) is 6.96. The van der Waals surface area contributed by atoms with E-state index >= 15 is 0 Å². The zero-order valence-electron chi connectivity index (χ0n) is 7.88. The van der Waals surface area contributed by atoms with Crippen molar-refractivity contribution < 1.29 is 13.0 Å². The number of rotatable bonds is 4. The van der Waals surface area contributed by atoms with Crippen molar-refractivity contribution in [2.24, 2.45) is 0 Å². The molecule has 0 aromatic carbocycles. The minimum atomic E-state index is -2.69. The van der Waals surface area contributed by atoms with Gasteiger partial charge in [-0.2, -0.15) is 0 Å². The van der Waals surface area contributed by atoms with E-state index in [4.69, 9.17) is 8.43 Å². The molecule has 0 rings (SSSR count). The molecule has 0 aliphatic carbocycles. The molecule has 0 spiro atoms. The molecule has 0 saturated heterocycles. The number of hydrogen-bond acceptors (Lipinski definition) is 3. The van der Waals surface area contributed by atoms with Gasteiger partial charge in [0.25, 0.3) is 0 Å². The fourth-order valence-electron chi connectivity index (χ4n) is 0.758. The molecule has 0 aliphatic heterocycles. The molecule has 68 valence electrons. The summed E-state index contributed by atoms with van der Waals surface area (Å²) in [6.45, 7) is 9.52. The smallest absolute Gasteiger partial charge is 0.307 e. The van der Waals surface area contributed by atoms with Gasteiger partial charge in [0, 0.05) is 6.66 Å². The minimum Gasteiger partial charge on any atom is -0.359 e. The van der Waals surface area contributed by atoms with Crippen molar-refractivity contribution in [3.8, 4) is 0 Å². The Hall–Kier alpha value is 0.584. The lowest BCUT2D eigenvalue weighted by Gasteiger charge is -2.22. The molecule has 6 heteroatoms. The van der Waals surface area contributed by atoms with Crippen LogP contribution >= 0.6 is 7.60 Å². The van der Waals surface area contributed by atoms with Crippen LogP contribution in [-0.2, 0) is 13.0 Å². The first-order chi connectivity index (χ1) is 4.77. The Morgan fingerprint density at radius 3 is 2.09 bits per heavy atom. The van der Waals surface area contributed by atoms with Gasteiger partial charge in [0.05, 0.1) is 0 Å². The highest BCUT2D eigenvalue weighted by Gasteiger charge is 2.25. The van der Waals surface area contributed by atoms with E-state index in [1.165, 1.54) is 0 Å². The van der Waals surface area contributed by atoms with Gasteiger partial charge in [0.2, 0.25) is 0 Å². The fourth-order valence-corrected chi connectivity index (χ4v) is 7.30. The lowest BCUT2D eigenvalue weighted by Crippen LogP contribution is -2.24. The molecular formula is C5H17O3PSi2. The van der Waals surface area contributed by atoms with Crippen LogP contribution in [0.4, 0.5) is 0 Å².